The van der Waals surface area contributed by atoms with Crippen LogP contribution in [0.25, 0.3) is 0 Å². The van der Waals surface area contributed by atoms with Gasteiger partial charge in [-0.15, -0.1) is 0 Å². The van der Waals surface area contributed by atoms with Crippen LogP contribution < -0.4 is 5.56 Å². The number of amides is 1. The van der Waals surface area contributed by atoms with Gasteiger partial charge in [-0.25, -0.2) is 4.98 Å². The monoisotopic (exact) mass is 492 g/mol. The van der Waals surface area contributed by atoms with Gasteiger partial charge in [0, 0.05) is 58.9 Å². The van der Waals surface area contributed by atoms with Crippen molar-refractivity contribution in [3.63, 3.8) is 0 Å². The summed E-state index contributed by atoms with van der Waals surface area (Å²) in [6.45, 7) is 4.29. The van der Waals surface area contributed by atoms with Gasteiger partial charge in [0.15, 0.2) is 5.16 Å². The zero-order chi connectivity index (χ0) is 24.6. The minimum atomic E-state index is -0.0969. The Kier molecular flexibility index (Phi) is 8.74. The first-order valence-electron chi connectivity index (χ1n) is 11.8. The normalized spacial score (nSPS) is 14.3. The molecule has 0 spiro atoms. The second kappa shape index (κ2) is 12.2. The lowest BCUT2D eigenvalue weighted by Crippen LogP contribution is -2.48. The van der Waals surface area contributed by atoms with Crippen molar-refractivity contribution in [2.24, 2.45) is 7.05 Å². The molecule has 0 radical (unpaired) electrons. The van der Waals surface area contributed by atoms with E-state index in [9.17, 15) is 9.59 Å². The fourth-order valence-electron chi connectivity index (χ4n) is 4.25. The van der Waals surface area contributed by atoms with E-state index >= 15 is 0 Å². The molecule has 35 heavy (non-hydrogen) atoms. The lowest BCUT2D eigenvalue weighted by molar-refractivity contribution is -0.130. The van der Waals surface area contributed by atoms with Gasteiger partial charge in [0.1, 0.15) is 0 Å². The van der Waals surface area contributed by atoms with Crippen LogP contribution >= 0.6 is 11.8 Å². The van der Waals surface area contributed by atoms with Gasteiger partial charge >= 0.3 is 0 Å². The van der Waals surface area contributed by atoms with Gasteiger partial charge in [-0.2, -0.15) is 0 Å². The summed E-state index contributed by atoms with van der Waals surface area (Å²) in [5, 5.41) is 0.537. The zero-order valence-electron chi connectivity index (χ0n) is 20.4. The second-order valence-electron chi connectivity index (χ2n) is 8.71. The molecule has 8 heteroatoms. The Bertz CT molecular complexity index is 1180. The predicted molar refractivity (Wildman–Crippen MR) is 138 cm³/mol. The molecule has 2 aromatic carbocycles. The van der Waals surface area contributed by atoms with Crippen LogP contribution in [0.15, 0.2) is 70.6 Å². The first kappa shape index (κ1) is 25.2. The number of benzene rings is 2. The van der Waals surface area contributed by atoms with Gasteiger partial charge in [0.05, 0.1) is 18.1 Å². The van der Waals surface area contributed by atoms with Gasteiger partial charge in [-0.05, 0) is 11.1 Å². The number of hydrogen-bond donors (Lipinski definition) is 0. The summed E-state index contributed by atoms with van der Waals surface area (Å²) in [6.07, 6.45) is 0.496. The number of methoxy groups -OCH3 is 1. The maximum absolute atomic E-state index is 13.2. The Hall–Kier alpha value is -2.94. The molecule has 1 aliphatic rings. The molecule has 0 bridgehead atoms. The fourth-order valence-corrected chi connectivity index (χ4v) is 5.13. The van der Waals surface area contributed by atoms with Crippen molar-refractivity contribution in [1.29, 1.82) is 0 Å². The molecule has 0 N–H and O–H groups in total. The highest BCUT2D eigenvalue weighted by atomic mass is 32.2. The van der Waals surface area contributed by atoms with E-state index in [0.717, 1.165) is 25.2 Å². The minimum absolute atomic E-state index is 0.0743. The molecule has 1 aliphatic heterocycles. The van der Waals surface area contributed by atoms with Crippen LogP contribution in [0.3, 0.4) is 0 Å². The molecular formula is C27H32N4O3S. The molecule has 1 saturated heterocycles. The van der Waals surface area contributed by atoms with Crippen LogP contribution in [-0.2, 0) is 36.2 Å². The Morgan fingerprint density at radius 1 is 0.971 bits per heavy atom. The molecular weight excluding hydrogens is 460 g/mol. The number of thioether (sulfide) groups is 1. The lowest BCUT2D eigenvalue weighted by Gasteiger charge is -2.34. The number of aromatic nitrogens is 2. The summed E-state index contributed by atoms with van der Waals surface area (Å²) in [4.78, 5) is 35.1. The van der Waals surface area contributed by atoms with Gasteiger partial charge in [-0.3, -0.25) is 19.1 Å². The molecule has 0 aliphatic carbocycles. The Morgan fingerprint density at radius 2 is 1.60 bits per heavy atom. The van der Waals surface area contributed by atoms with Crippen molar-refractivity contribution in [2.45, 2.75) is 24.7 Å². The van der Waals surface area contributed by atoms with E-state index in [1.54, 1.807) is 18.7 Å². The molecule has 1 fully saturated rings. The Labute approximate surface area is 210 Å². The standard InChI is InChI=1S/C27H32N4O3S/c1-29-26(33)23(17-21-9-5-3-6-10-21)24(19-34-2)28-27(29)35-20-25(32)31-15-13-30(14-16-31)18-22-11-7-4-8-12-22/h3-12H,13-20H2,1-2H3. The topological polar surface area (TPSA) is 67.7 Å². The first-order chi connectivity index (χ1) is 17.0. The molecule has 0 atom stereocenters. The maximum Gasteiger partial charge on any atom is 0.257 e. The van der Waals surface area contributed by atoms with Gasteiger partial charge in [0.2, 0.25) is 5.91 Å². The molecule has 0 saturated carbocycles. The van der Waals surface area contributed by atoms with Crippen molar-refractivity contribution in [3.8, 4) is 0 Å². The van der Waals surface area contributed by atoms with Crippen molar-refractivity contribution in [2.75, 3.05) is 39.0 Å². The molecule has 1 amide bonds. The molecule has 7 nitrogen and oxygen atoms in total. The number of piperazine rings is 1. The van der Waals surface area contributed by atoms with Crippen molar-refractivity contribution in [1.82, 2.24) is 19.4 Å². The number of rotatable bonds is 9. The minimum Gasteiger partial charge on any atom is -0.378 e. The van der Waals surface area contributed by atoms with Gasteiger partial charge in [-0.1, -0.05) is 72.4 Å². The van der Waals surface area contributed by atoms with E-state index in [1.807, 2.05) is 41.3 Å². The Balaban J connectivity index is 1.37. The highest BCUT2D eigenvalue weighted by Crippen LogP contribution is 2.19. The predicted octanol–water partition coefficient (Wildman–Crippen LogP) is 2.95. The van der Waals surface area contributed by atoms with E-state index in [-0.39, 0.29) is 23.8 Å². The smallest absolute Gasteiger partial charge is 0.257 e. The van der Waals surface area contributed by atoms with Crippen molar-refractivity contribution in [3.05, 3.63) is 93.4 Å². The third-order valence-electron chi connectivity index (χ3n) is 6.23. The summed E-state index contributed by atoms with van der Waals surface area (Å²) in [5.74, 6) is 0.328. The van der Waals surface area contributed by atoms with Crippen molar-refractivity contribution < 1.29 is 9.53 Å². The maximum atomic E-state index is 13.2. The van der Waals surface area contributed by atoms with Crippen LogP contribution in [0.5, 0.6) is 0 Å². The second-order valence-corrected chi connectivity index (χ2v) is 9.65. The average molecular weight is 493 g/mol. The van der Waals surface area contributed by atoms with Crippen LogP contribution in [0.2, 0.25) is 0 Å². The van der Waals surface area contributed by atoms with Crippen LogP contribution in [0.4, 0.5) is 0 Å². The number of nitrogens with zero attached hydrogens (tertiary/aromatic N) is 4. The third kappa shape index (κ3) is 6.60. The fraction of sp³-hybridized carbons (Fsp3) is 0.370. The van der Waals surface area contributed by atoms with E-state index in [0.29, 0.717) is 35.9 Å². The zero-order valence-corrected chi connectivity index (χ0v) is 21.2. The largest absolute Gasteiger partial charge is 0.378 e. The van der Waals surface area contributed by atoms with Crippen LogP contribution in [0.1, 0.15) is 22.4 Å². The molecule has 0 unspecified atom stereocenters. The summed E-state index contributed by atoms with van der Waals surface area (Å²) >= 11 is 1.31. The van der Waals surface area contributed by atoms with Crippen LogP contribution in [0, 0.1) is 0 Å². The van der Waals surface area contributed by atoms with Crippen molar-refractivity contribution >= 4 is 17.7 Å². The highest BCUT2D eigenvalue weighted by molar-refractivity contribution is 7.99. The molecule has 1 aromatic heterocycles. The van der Waals surface area contributed by atoms with E-state index in [4.69, 9.17) is 9.72 Å². The average Bonchev–Trinajstić information content (AvgIpc) is 2.89. The molecule has 2 heterocycles. The van der Waals surface area contributed by atoms with Gasteiger partial charge < -0.3 is 9.64 Å². The quantitative estimate of drug-likeness (QED) is 0.338. The van der Waals surface area contributed by atoms with E-state index in [1.165, 1.54) is 17.3 Å². The molecule has 3 aromatic rings. The molecule has 184 valence electrons. The SMILES string of the molecule is COCc1nc(SCC(=O)N2CCN(Cc3ccccc3)CC2)n(C)c(=O)c1Cc1ccccc1. The summed E-state index contributed by atoms with van der Waals surface area (Å²) in [7, 11) is 3.31. The number of carbonyl (C=O) groups is 1. The van der Waals surface area contributed by atoms with E-state index in [2.05, 4.69) is 29.2 Å². The van der Waals surface area contributed by atoms with Crippen LogP contribution in [-0.4, -0.2) is 64.3 Å². The first-order valence-corrected chi connectivity index (χ1v) is 12.8. The summed E-state index contributed by atoms with van der Waals surface area (Å²) in [5.41, 5.74) is 3.50. The Morgan fingerprint density at radius 3 is 2.23 bits per heavy atom. The third-order valence-corrected chi connectivity index (χ3v) is 7.25. The lowest BCUT2D eigenvalue weighted by atomic mass is 10.0. The summed E-state index contributed by atoms with van der Waals surface area (Å²) in [6, 6.07) is 20.3. The summed E-state index contributed by atoms with van der Waals surface area (Å²) < 4.78 is 6.88. The van der Waals surface area contributed by atoms with E-state index < -0.39 is 0 Å². The van der Waals surface area contributed by atoms with Gasteiger partial charge in [0.25, 0.3) is 5.56 Å². The number of hydrogen-bond acceptors (Lipinski definition) is 6. The number of ether oxygens (including phenoxy) is 1. The molecule has 4 rings (SSSR count). The highest BCUT2D eigenvalue weighted by Gasteiger charge is 2.22. The number of carbonyl (C=O) groups excluding carboxylic acids is 1.